The van der Waals surface area contributed by atoms with Crippen molar-refractivity contribution in [3.8, 4) is 5.75 Å². The van der Waals surface area contributed by atoms with Gasteiger partial charge in [0.15, 0.2) is 0 Å². The van der Waals surface area contributed by atoms with Gasteiger partial charge < -0.3 is 28.7 Å². The van der Waals surface area contributed by atoms with Crippen LogP contribution in [0.1, 0.15) is 36.5 Å². The molecule has 1 aromatic rings. The molecule has 2 aliphatic heterocycles. The number of piperazine rings is 1. The number of fused-ring (bicyclic) bond motifs is 1. The number of carbonyl (C=O) groups is 3. The Kier molecular flexibility index (Phi) is 7.17. The van der Waals surface area contributed by atoms with E-state index in [0.29, 0.717) is 56.9 Å². The number of ether oxygens (including phenoxy) is 4. The van der Waals surface area contributed by atoms with Crippen LogP contribution in [0.15, 0.2) is 36.3 Å². The summed E-state index contributed by atoms with van der Waals surface area (Å²) in [5, 5.41) is 0. The third-order valence-electron chi connectivity index (χ3n) is 6.43. The highest BCUT2D eigenvalue weighted by Crippen LogP contribution is 2.34. The molecule has 2 heterocycles. The number of hydrogen-bond acceptors (Lipinski definition) is 7. The van der Waals surface area contributed by atoms with Gasteiger partial charge in [-0.25, -0.2) is 4.79 Å². The van der Waals surface area contributed by atoms with Crippen LogP contribution >= 0.6 is 0 Å². The fourth-order valence-corrected chi connectivity index (χ4v) is 4.50. The van der Waals surface area contributed by atoms with E-state index in [2.05, 4.69) is 0 Å². The Bertz CT molecular complexity index is 906. The maximum atomic E-state index is 12.8. The second-order valence-electron chi connectivity index (χ2n) is 8.40. The Hall–Kier alpha value is -3.07. The van der Waals surface area contributed by atoms with E-state index < -0.39 is 0 Å². The van der Waals surface area contributed by atoms with Crippen molar-refractivity contribution in [1.82, 2.24) is 9.80 Å². The first-order valence-corrected chi connectivity index (χ1v) is 11.4. The molecule has 4 rings (SSSR count). The fraction of sp³-hybridized carbons (Fsp3) is 0.542. The highest BCUT2D eigenvalue weighted by Gasteiger charge is 2.41. The van der Waals surface area contributed by atoms with E-state index in [1.165, 1.54) is 6.26 Å². The first kappa shape index (κ1) is 23.1. The van der Waals surface area contributed by atoms with Crippen LogP contribution in [0.5, 0.6) is 5.75 Å². The van der Waals surface area contributed by atoms with Gasteiger partial charge in [0, 0.05) is 45.3 Å². The van der Waals surface area contributed by atoms with Crippen LogP contribution in [0.2, 0.25) is 0 Å². The summed E-state index contributed by atoms with van der Waals surface area (Å²) in [6.07, 6.45) is 3.22. The summed E-state index contributed by atoms with van der Waals surface area (Å²) in [7, 11) is 1.68. The van der Waals surface area contributed by atoms with Gasteiger partial charge in [-0.15, -0.1) is 0 Å². The minimum absolute atomic E-state index is 0.0552. The number of ketones is 1. The molecule has 178 valence electrons. The molecule has 1 saturated carbocycles. The molecule has 33 heavy (non-hydrogen) atoms. The molecular formula is C24H30N2O7. The lowest BCUT2D eigenvalue weighted by Crippen LogP contribution is -2.50. The number of benzene rings is 1. The molecular weight excluding hydrogens is 428 g/mol. The van der Waals surface area contributed by atoms with Gasteiger partial charge >= 0.3 is 6.09 Å². The number of Topliss-reactive ketones (excluding diaryl/α,β-unsaturated/α-hetero) is 1. The van der Waals surface area contributed by atoms with Crippen LogP contribution in [0.4, 0.5) is 4.79 Å². The number of allylic oxidation sites excluding steroid dienone is 1. The van der Waals surface area contributed by atoms with Crippen LogP contribution in [0.25, 0.3) is 0 Å². The van der Waals surface area contributed by atoms with Crippen molar-refractivity contribution in [1.29, 1.82) is 0 Å². The average Bonchev–Trinajstić information content (AvgIpc) is 2.86. The largest absolute Gasteiger partial charge is 0.493 e. The molecule has 1 saturated heterocycles. The molecule has 0 aromatic heterocycles. The van der Waals surface area contributed by atoms with Gasteiger partial charge in [0.1, 0.15) is 18.1 Å². The summed E-state index contributed by atoms with van der Waals surface area (Å²) in [4.78, 5) is 40.8. The first-order chi connectivity index (χ1) is 16.0. The van der Waals surface area contributed by atoms with Crippen molar-refractivity contribution in [2.24, 2.45) is 5.92 Å². The molecule has 1 aromatic carbocycles. The Morgan fingerprint density at radius 2 is 1.76 bits per heavy atom. The summed E-state index contributed by atoms with van der Waals surface area (Å²) in [5.74, 6) is 0.261. The summed E-state index contributed by atoms with van der Waals surface area (Å²) >= 11 is 0. The molecule has 3 atom stereocenters. The molecule has 2 fully saturated rings. The predicted molar refractivity (Wildman–Crippen MR) is 118 cm³/mol. The van der Waals surface area contributed by atoms with Crippen molar-refractivity contribution >= 4 is 17.8 Å². The Balaban J connectivity index is 1.32. The average molecular weight is 459 g/mol. The zero-order valence-corrected chi connectivity index (χ0v) is 19.0. The number of hydrogen-bond donors (Lipinski definition) is 0. The van der Waals surface area contributed by atoms with Crippen LogP contribution in [0.3, 0.4) is 0 Å². The zero-order valence-electron chi connectivity index (χ0n) is 19.0. The zero-order chi connectivity index (χ0) is 23.4. The van der Waals surface area contributed by atoms with Gasteiger partial charge in [-0.2, -0.15) is 0 Å². The maximum Gasteiger partial charge on any atom is 0.409 e. The molecule has 0 spiro atoms. The third-order valence-corrected chi connectivity index (χ3v) is 6.43. The van der Waals surface area contributed by atoms with E-state index >= 15 is 0 Å². The highest BCUT2D eigenvalue weighted by atomic mass is 16.6. The lowest BCUT2D eigenvalue weighted by molar-refractivity contribution is -0.133. The molecule has 9 nitrogen and oxygen atoms in total. The van der Waals surface area contributed by atoms with E-state index in [1.54, 1.807) is 48.1 Å². The summed E-state index contributed by atoms with van der Waals surface area (Å²) < 4.78 is 22.0. The van der Waals surface area contributed by atoms with Crippen LogP contribution < -0.4 is 4.74 Å². The quantitative estimate of drug-likeness (QED) is 0.669. The molecule has 0 N–H and O–H groups in total. The predicted octanol–water partition coefficient (Wildman–Crippen LogP) is 2.60. The standard InChI is InChI=1S/C24H30N2O7/c1-3-31-24(29)26-12-10-25(11-13-26)23(28)16-4-6-17(7-5-16)33-21-15-32-20-14-18(30-2)8-9-19(20)22(21)27/h4-7,15,18-20H,3,8-14H2,1-2H3. The summed E-state index contributed by atoms with van der Waals surface area (Å²) in [5.41, 5.74) is 0.519. The maximum absolute atomic E-state index is 12.8. The van der Waals surface area contributed by atoms with Gasteiger partial charge in [-0.1, -0.05) is 0 Å². The number of methoxy groups -OCH3 is 1. The number of carbonyl (C=O) groups excluding carboxylic acids is 3. The fourth-order valence-electron chi connectivity index (χ4n) is 4.50. The van der Waals surface area contributed by atoms with Gasteiger partial charge in [0.25, 0.3) is 5.91 Å². The van der Waals surface area contributed by atoms with Crippen molar-refractivity contribution in [2.75, 3.05) is 39.9 Å². The molecule has 0 bridgehead atoms. The van der Waals surface area contributed by atoms with E-state index in [4.69, 9.17) is 18.9 Å². The van der Waals surface area contributed by atoms with Crippen molar-refractivity contribution in [2.45, 2.75) is 38.4 Å². The minimum atomic E-state index is -0.347. The smallest absolute Gasteiger partial charge is 0.409 e. The Labute approximate surface area is 193 Å². The normalized spacial score (nSPS) is 25.0. The third kappa shape index (κ3) is 5.13. The molecule has 9 heteroatoms. The lowest BCUT2D eigenvalue weighted by Gasteiger charge is -2.36. The molecule has 3 unspecified atom stereocenters. The van der Waals surface area contributed by atoms with Crippen LogP contribution in [-0.4, -0.2) is 79.7 Å². The monoisotopic (exact) mass is 458 g/mol. The number of rotatable bonds is 5. The number of nitrogens with zero attached hydrogens (tertiary/aromatic N) is 2. The van der Waals surface area contributed by atoms with Crippen LogP contribution in [-0.2, 0) is 19.0 Å². The Morgan fingerprint density at radius 1 is 1.06 bits per heavy atom. The summed E-state index contributed by atoms with van der Waals surface area (Å²) in [6, 6.07) is 6.70. The van der Waals surface area contributed by atoms with Gasteiger partial charge in [0.05, 0.1) is 18.6 Å². The molecule has 0 radical (unpaired) electrons. The first-order valence-electron chi connectivity index (χ1n) is 11.4. The molecule has 3 aliphatic rings. The van der Waals surface area contributed by atoms with Gasteiger partial charge in [-0.05, 0) is 44.0 Å². The van der Waals surface area contributed by atoms with Crippen molar-refractivity contribution < 1.29 is 33.3 Å². The van der Waals surface area contributed by atoms with E-state index in [-0.39, 0.29) is 41.7 Å². The molecule has 1 aliphatic carbocycles. The van der Waals surface area contributed by atoms with Crippen molar-refractivity contribution in [3.05, 3.63) is 41.9 Å². The van der Waals surface area contributed by atoms with E-state index in [0.717, 1.165) is 6.42 Å². The van der Waals surface area contributed by atoms with E-state index in [1.807, 2.05) is 0 Å². The minimum Gasteiger partial charge on any atom is -0.493 e. The second-order valence-corrected chi connectivity index (χ2v) is 8.40. The SMILES string of the molecule is CCOC(=O)N1CCN(C(=O)c2ccc(OC3=COC4CC(OC)CCC4C3=O)cc2)CC1. The van der Waals surface area contributed by atoms with Gasteiger partial charge in [0.2, 0.25) is 11.5 Å². The lowest BCUT2D eigenvalue weighted by atomic mass is 9.80. The van der Waals surface area contributed by atoms with E-state index in [9.17, 15) is 14.4 Å². The Morgan fingerprint density at radius 3 is 2.42 bits per heavy atom. The number of amides is 2. The topological polar surface area (TPSA) is 94.6 Å². The summed E-state index contributed by atoms with van der Waals surface area (Å²) in [6.45, 7) is 3.87. The molecule has 2 amide bonds. The van der Waals surface area contributed by atoms with Gasteiger partial charge in [-0.3, -0.25) is 9.59 Å². The van der Waals surface area contributed by atoms with Crippen LogP contribution in [0, 0.1) is 5.92 Å². The highest BCUT2D eigenvalue weighted by molar-refractivity contribution is 5.97. The second kappa shape index (κ2) is 10.2. The van der Waals surface area contributed by atoms with Crippen molar-refractivity contribution in [3.63, 3.8) is 0 Å².